The number of carbonyl (C=O) groups is 3. The van der Waals surface area contributed by atoms with E-state index in [1.807, 2.05) is 36.4 Å². The lowest BCUT2D eigenvalue weighted by molar-refractivity contribution is -0.128. The second-order valence-corrected chi connectivity index (χ2v) is 16.0. The van der Waals surface area contributed by atoms with Crippen LogP contribution in [0, 0.1) is 29.6 Å². The number of aryl methyl sites for hydroxylation is 1. The van der Waals surface area contributed by atoms with Gasteiger partial charge in [0, 0.05) is 40.3 Å². The first kappa shape index (κ1) is 35.1. The van der Waals surface area contributed by atoms with Crippen LogP contribution in [0.15, 0.2) is 162 Å². The lowest BCUT2D eigenvalue weighted by Gasteiger charge is -2.34. The maximum atomic E-state index is 13.4. The second-order valence-electron chi connectivity index (χ2n) is 16.0. The molecule has 0 aromatic heterocycles. The van der Waals surface area contributed by atoms with Crippen molar-refractivity contribution in [1.82, 2.24) is 0 Å². The van der Waals surface area contributed by atoms with E-state index < -0.39 is 0 Å². The van der Waals surface area contributed by atoms with Crippen LogP contribution in [0.2, 0.25) is 0 Å². The summed E-state index contributed by atoms with van der Waals surface area (Å²) in [5.74, 6) is 1.46. The van der Waals surface area contributed by atoms with Gasteiger partial charge in [-0.25, -0.2) is 0 Å². The fourth-order valence-electron chi connectivity index (χ4n) is 9.58. The van der Waals surface area contributed by atoms with Gasteiger partial charge in [0.15, 0.2) is 11.6 Å². The van der Waals surface area contributed by atoms with Crippen molar-refractivity contribution in [2.75, 3.05) is 4.90 Å². The third-order valence-corrected chi connectivity index (χ3v) is 12.6. The summed E-state index contributed by atoms with van der Waals surface area (Å²) in [6, 6.07) is 25.3. The maximum Gasteiger partial charge on any atom is 0.189 e. The lowest BCUT2D eigenvalue weighted by atomic mass is 9.70. The lowest BCUT2D eigenvalue weighted by Crippen LogP contribution is -2.35. The molecule has 0 N–H and O–H groups in total. The first-order valence-electron chi connectivity index (χ1n) is 20.2. The zero-order valence-electron chi connectivity index (χ0n) is 31.2. The molecular weight excluding hydrogens is 675 g/mol. The van der Waals surface area contributed by atoms with E-state index in [1.54, 1.807) is 0 Å². The van der Waals surface area contributed by atoms with Crippen LogP contribution in [0.4, 0.5) is 11.4 Å². The number of anilines is 2. The van der Waals surface area contributed by atoms with E-state index in [9.17, 15) is 14.4 Å². The Labute approximate surface area is 324 Å². The van der Waals surface area contributed by atoms with Crippen molar-refractivity contribution in [3.63, 3.8) is 0 Å². The van der Waals surface area contributed by atoms with Gasteiger partial charge in [-0.2, -0.15) is 0 Å². The quantitative estimate of drug-likeness (QED) is 0.228. The molecule has 0 bridgehead atoms. The molecule has 0 radical (unpaired) electrons. The van der Waals surface area contributed by atoms with Gasteiger partial charge in [-0.3, -0.25) is 14.4 Å². The molecule has 3 aromatic rings. The van der Waals surface area contributed by atoms with Gasteiger partial charge < -0.3 is 4.90 Å². The number of hydrogen-bond acceptors (Lipinski definition) is 4. The number of Topliss-reactive ketones (excluding diaryl/α,β-unsaturated/α-hetero) is 3. The molecule has 2 saturated carbocycles. The largest absolute Gasteiger partial charge is 0.334 e. The van der Waals surface area contributed by atoms with Crippen molar-refractivity contribution in [2.24, 2.45) is 29.6 Å². The highest BCUT2D eigenvalue weighted by molar-refractivity contribution is 6.13. The van der Waals surface area contributed by atoms with Crippen LogP contribution >= 0.6 is 0 Å². The number of fused-ring (bicyclic) bond motifs is 3. The summed E-state index contributed by atoms with van der Waals surface area (Å²) in [5.41, 5.74) is 9.17. The number of benzene rings is 3. The summed E-state index contributed by atoms with van der Waals surface area (Å²) >= 11 is 0. The van der Waals surface area contributed by atoms with Crippen LogP contribution in [0.5, 0.6) is 0 Å². The molecule has 4 heteroatoms. The molecule has 0 saturated heterocycles. The van der Waals surface area contributed by atoms with E-state index in [1.165, 1.54) is 5.56 Å². The molecule has 3 aromatic carbocycles. The van der Waals surface area contributed by atoms with Crippen molar-refractivity contribution in [3.05, 3.63) is 185 Å². The third kappa shape index (κ3) is 7.18. The minimum atomic E-state index is -0.0376. The molecule has 0 heterocycles. The molecule has 0 aliphatic heterocycles. The van der Waals surface area contributed by atoms with Crippen molar-refractivity contribution >= 4 is 34.8 Å². The van der Waals surface area contributed by atoms with Crippen molar-refractivity contribution < 1.29 is 14.4 Å². The molecule has 6 atom stereocenters. The molecule has 6 aliphatic rings. The minimum absolute atomic E-state index is 0.0188. The van der Waals surface area contributed by atoms with Crippen molar-refractivity contribution in [1.29, 1.82) is 0 Å². The van der Waals surface area contributed by atoms with Gasteiger partial charge in [-0.1, -0.05) is 115 Å². The van der Waals surface area contributed by atoms with Gasteiger partial charge in [0.05, 0.1) is 6.04 Å². The van der Waals surface area contributed by atoms with Crippen molar-refractivity contribution in [2.45, 2.75) is 57.4 Å². The Hall–Kier alpha value is -5.61. The summed E-state index contributed by atoms with van der Waals surface area (Å²) < 4.78 is 0. The molecule has 274 valence electrons. The molecule has 0 spiro atoms. The van der Waals surface area contributed by atoms with E-state index in [0.717, 1.165) is 96.2 Å². The molecule has 9 rings (SSSR count). The van der Waals surface area contributed by atoms with Gasteiger partial charge in [0.1, 0.15) is 5.78 Å². The number of hydrogen-bond donors (Lipinski definition) is 0. The molecule has 4 nitrogen and oxygen atoms in total. The standard InChI is InChI=1S/C51H47NO3/c53-49-40(22-19-37-7-1-4-10-46(37)49)31-34-13-25-43(26-14-34)52(44-27-15-35(16-28-44)32-41-23-20-38-8-2-5-11-47(38)50(41)54)45-29-17-36(18-30-45)33-42-24-21-39-9-3-6-12-48(39)51(42)55/h1-18,25-29,31,33,38-39,41,45,47-48H,19-24,30,32H2/b40-31+,42-33+. The monoisotopic (exact) mass is 721 g/mol. The average Bonchev–Trinajstić information content (AvgIpc) is 3.23. The number of carbonyl (C=O) groups excluding carboxylic acids is 3. The molecule has 6 unspecified atom stereocenters. The Morgan fingerprint density at radius 2 is 1.35 bits per heavy atom. The Kier molecular flexibility index (Phi) is 9.74. The SMILES string of the molecule is O=C1/C(=C/c2ccc(N(c3ccc(CC4CCC5C=CC=CC5C4=O)cc3)C3C=CC(/C=C4\CCC5C=CC=CC5C4=O)=CC3)cc2)CCc2ccccc21. The van der Waals surface area contributed by atoms with Crippen molar-refractivity contribution in [3.8, 4) is 0 Å². The number of ketones is 3. The summed E-state index contributed by atoms with van der Waals surface area (Å²) in [6.45, 7) is 0. The topological polar surface area (TPSA) is 54.5 Å². The Bertz CT molecular complexity index is 2260. The van der Waals surface area contributed by atoms with Gasteiger partial charge in [0.25, 0.3) is 0 Å². The normalized spacial score (nSPS) is 28.2. The van der Waals surface area contributed by atoms with E-state index in [-0.39, 0.29) is 35.4 Å². The van der Waals surface area contributed by atoms with E-state index in [0.29, 0.717) is 17.6 Å². The van der Waals surface area contributed by atoms with Crippen LogP contribution in [0.1, 0.15) is 65.6 Å². The predicted molar refractivity (Wildman–Crippen MR) is 222 cm³/mol. The highest BCUT2D eigenvalue weighted by atomic mass is 16.1. The highest BCUT2D eigenvalue weighted by Gasteiger charge is 2.36. The molecule has 2 fully saturated rings. The maximum absolute atomic E-state index is 13.4. The van der Waals surface area contributed by atoms with E-state index in [4.69, 9.17) is 0 Å². The molecule has 0 amide bonds. The first-order valence-corrected chi connectivity index (χ1v) is 20.2. The first-order chi connectivity index (χ1) is 27.0. The number of rotatable bonds is 7. The zero-order valence-corrected chi connectivity index (χ0v) is 31.2. The molecular formula is C51H47NO3. The summed E-state index contributed by atoms with van der Waals surface area (Å²) in [5, 5.41) is 0. The second kappa shape index (κ2) is 15.3. The van der Waals surface area contributed by atoms with Crippen LogP contribution in [-0.4, -0.2) is 23.4 Å². The average molecular weight is 722 g/mol. The van der Waals surface area contributed by atoms with Gasteiger partial charge in [-0.15, -0.1) is 0 Å². The summed E-state index contributed by atoms with van der Waals surface area (Å²) in [4.78, 5) is 42.5. The Balaban J connectivity index is 0.959. The smallest absolute Gasteiger partial charge is 0.189 e. The third-order valence-electron chi connectivity index (χ3n) is 12.6. The zero-order chi connectivity index (χ0) is 37.3. The van der Waals surface area contributed by atoms with Gasteiger partial charge >= 0.3 is 0 Å². The predicted octanol–water partition coefficient (Wildman–Crippen LogP) is 10.8. The molecule has 6 aliphatic carbocycles. The van der Waals surface area contributed by atoms with Crippen LogP contribution in [0.3, 0.4) is 0 Å². The summed E-state index contributed by atoms with van der Waals surface area (Å²) in [7, 11) is 0. The molecule has 55 heavy (non-hydrogen) atoms. The fraction of sp³-hybridized carbons (Fsp3) is 0.275. The van der Waals surface area contributed by atoms with Gasteiger partial charge in [-0.05, 0) is 127 Å². The van der Waals surface area contributed by atoms with E-state index >= 15 is 0 Å². The minimum Gasteiger partial charge on any atom is -0.334 e. The van der Waals surface area contributed by atoms with Gasteiger partial charge in [0.2, 0.25) is 0 Å². The Morgan fingerprint density at radius 1 is 0.636 bits per heavy atom. The summed E-state index contributed by atoms with van der Waals surface area (Å²) in [6.07, 6.45) is 34.5. The van der Waals surface area contributed by atoms with Crippen LogP contribution in [-0.2, 0) is 22.4 Å². The van der Waals surface area contributed by atoms with Crippen LogP contribution in [0.25, 0.3) is 6.08 Å². The van der Waals surface area contributed by atoms with Crippen LogP contribution < -0.4 is 4.90 Å². The van der Waals surface area contributed by atoms with E-state index in [2.05, 4.69) is 120 Å². The number of allylic oxidation sites excluding steroid dienone is 13. The fourth-order valence-corrected chi connectivity index (χ4v) is 9.58. The Morgan fingerprint density at radius 3 is 2.11 bits per heavy atom. The highest BCUT2D eigenvalue weighted by Crippen LogP contribution is 2.39. The number of nitrogens with zero attached hydrogens (tertiary/aromatic N) is 1.